The van der Waals surface area contributed by atoms with E-state index in [1.165, 1.54) is 0 Å². The molecular weight excluding hydrogens is 218 g/mol. The Kier molecular flexibility index (Phi) is 2.11. The molecule has 4 nitrogen and oxygen atoms in total. The standard InChI is InChI=1S/C13H21NO3/c1-12(2,3)17-11(16)14-10-5-4-8-6-9(15)7-13(8,10)14/h8-10,15H,4-7H2,1-3H3/t8-,9+,10+,13?,14?/m0/s1. The summed E-state index contributed by atoms with van der Waals surface area (Å²) in [5.41, 5.74) is -0.473. The molecule has 4 atom stereocenters. The van der Waals surface area contributed by atoms with Crippen LogP contribution in [-0.4, -0.2) is 39.4 Å². The molecule has 1 unspecified atom stereocenters. The van der Waals surface area contributed by atoms with Crippen molar-refractivity contribution in [1.29, 1.82) is 0 Å². The zero-order valence-corrected chi connectivity index (χ0v) is 10.8. The van der Waals surface area contributed by atoms with Gasteiger partial charge in [-0.3, -0.25) is 4.90 Å². The Morgan fingerprint density at radius 1 is 1.41 bits per heavy atom. The van der Waals surface area contributed by atoms with Crippen LogP contribution in [0.15, 0.2) is 0 Å². The van der Waals surface area contributed by atoms with Gasteiger partial charge in [0, 0.05) is 0 Å². The maximum Gasteiger partial charge on any atom is 0.411 e. The summed E-state index contributed by atoms with van der Waals surface area (Å²) in [5.74, 6) is 0.495. The molecular formula is C13H21NO3. The van der Waals surface area contributed by atoms with Crippen molar-refractivity contribution in [2.75, 3.05) is 0 Å². The Morgan fingerprint density at radius 2 is 2.12 bits per heavy atom. The van der Waals surface area contributed by atoms with E-state index in [1.807, 2.05) is 25.7 Å². The van der Waals surface area contributed by atoms with Crippen molar-refractivity contribution in [2.45, 2.75) is 69.7 Å². The first-order chi connectivity index (χ1) is 7.84. The first kappa shape index (κ1) is 11.3. The zero-order valence-electron chi connectivity index (χ0n) is 10.8. The lowest BCUT2D eigenvalue weighted by Gasteiger charge is -2.23. The SMILES string of the molecule is CC(C)(C)OC(=O)N1[C@@H]2CC[C@H]3C[C@@H](O)CC321. The summed E-state index contributed by atoms with van der Waals surface area (Å²) in [7, 11) is 0. The first-order valence-electron chi connectivity index (χ1n) is 6.55. The highest BCUT2D eigenvalue weighted by Crippen LogP contribution is 2.64. The lowest BCUT2D eigenvalue weighted by molar-refractivity contribution is 0.0339. The quantitative estimate of drug-likeness (QED) is 0.657. The van der Waals surface area contributed by atoms with Gasteiger partial charge in [-0.15, -0.1) is 0 Å². The van der Waals surface area contributed by atoms with Gasteiger partial charge in [-0.2, -0.15) is 0 Å². The molecule has 1 saturated heterocycles. The summed E-state index contributed by atoms with van der Waals surface area (Å²) in [4.78, 5) is 14.0. The summed E-state index contributed by atoms with van der Waals surface area (Å²) in [6, 6.07) is 0.333. The third-order valence-electron chi connectivity index (χ3n) is 4.47. The molecule has 1 heterocycles. The van der Waals surface area contributed by atoms with Crippen molar-refractivity contribution >= 4 is 6.09 Å². The average molecular weight is 239 g/mol. The lowest BCUT2D eigenvalue weighted by Crippen LogP contribution is -2.33. The molecule has 2 saturated carbocycles. The van der Waals surface area contributed by atoms with Crippen molar-refractivity contribution < 1.29 is 14.6 Å². The topological polar surface area (TPSA) is 49.5 Å². The van der Waals surface area contributed by atoms with Crippen LogP contribution in [0.3, 0.4) is 0 Å². The van der Waals surface area contributed by atoms with Crippen LogP contribution < -0.4 is 0 Å². The second-order valence-corrected chi connectivity index (χ2v) is 6.73. The van der Waals surface area contributed by atoms with Crippen LogP contribution in [0.2, 0.25) is 0 Å². The fourth-order valence-corrected chi connectivity index (χ4v) is 3.99. The van der Waals surface area contributed by atoms with E-state index < -0.39 is 5.60 Å². The van der Waals surface area contributed by atoms with Gasteiger partial charge in [0.05, 0.1) is 17.7 Å². The number of nitrogens with zero attached hydrogens (tertiary/aromatic N) is 1. The smallest absolute Gasteiger partial charge is 0.411 e. The molecule has 3 rings (SSSR count). The number of likely N-dealkylation sites (tertiary alicyclic amines) is 1. The Balaban J connectivity index is 1.74. The molecule has 0 aromatic heterocycles. The zero-order chi connectivity index (χ0) is 12.4. The maximum atomic E-state index is 12.1. The molecule has 2 aliphatic carbocycles. The van der Waals surface area contributed by atoms with Crippen LogP contribution in [0.4, 0.5) is 4.79 Å². The van der Waals surface area contributed by atoms with Crippen molar-refractivity contribution in [3.63, 3.8) is 0 Å². The minimum Gasteiger partial charge on any atom is -0.444 e. The maximum absolute atomic E-state index is 12.1. The Hall–Kier alpha value is -0.770. The molecule has 4 heteroatoms. The monoisotopic (exact) mass is 239 g/mol. The van der Waals surface area contributed by atoms with Crippen LogP contribution in [-0.2, 0) is 4.74 Å². The van der Waals surface area contributed by atoms with Crippen molar-refractivity contribution in [1.82, 2.24) is 4.90 Å². The number of hydrogen-bond donors (Lipinski definition) is 1. The summed E-state index contributed by atoms with van der Waals surface area (Å²) >= 11 is 0. The van der Waals surface area contributed by atoms with Crippen molar-refractivity contribution in [3.8, 4) is 0 Å². The highest BCUT2D eigenvalue weighted by atomic mass is 16.6. The third-order valence-corrected chi connectivity index (χ3v) is 4.47. The summed E-state index contributed by atoms with van der Waals surface area (Å²) in [6.45, 7) is 5.68. The van der Waals surface area contributed by atoms with Gasteiger partial charge >= 0.3 is 6.09 Å². The van der Waals surface area contributed by atoms with E-state index in [-0.39, 0.29) is 17.7 Å². The van der Waals surface area contributed by atoms with Gasteiger partial charge in [0.25, 0.3) is 0 Å². The number of aliphatic hydroxyl groups is 1. The van der Waals surface area contributed by atoms with E-state index in [0.29, 0.717) is 12.0 Å². The minimum absolute atomic E-state index is 0.0399. The van der Waals surface area contributed by atoms with E-state index in [4.69, 9.17) is 4.74 Å². The van der Waals surface area contributed by atoms with Gasteiger partial charge in [-0.05, 0) is 52.4 Å². The highest BCUT2D eigenvalue weighted by Gasteiger charge is 2.75. The number of carbonyl (C=O) groups is 1. The Bertz CT molecular complexity index is 362. The fraction of sp³-hybridized carbons (Fsp3) is 0.923. The molecule has 0 aromatic rings. The molecule has 1 N–H and O–H groups in total. The molecule has 1 amide bonds. The lowest BCUT2D eigenvalue weighted by atomic mass is 9.98. The molecule has 1 spiro atoms. The average Bonchev–Trinajstić information content (AvgIpc) is 2.41. The number of piperidine rings is 1. The van der Waals surface area contributed by atoms with Gasteiger partial charge in [-0.25, -0.2) is 4.79 Å². The Morgan fingerprint density at radius 3 is 2.76 bits per heavy atom. The number of hydrogen-bond acceptors (Lipinski definition) is 3. The predicted octanol–water partition coefficient (Wildman–Crippen LogP) is 1.91. The van der Waals surface area contributed by atoms with Crippen molar-refractivity contribution in [2.24, 2.45) is 5.92 Å². The minimum atomic E-state index is -0.433. The molecule has 3 aliphatic rings. The van der Waals surface area contributed by atoms with E-state index in [9.17, 15) is 9.90 Å². The van der Waals surface area contributed by atoms with Gasteiger partial charge in [0.15, 0.2) is 0 Å². The second kappa shape index (κ2) is 3.16. The third kappa shape index (κ3) is 1.49. The Labute approximate surface area is 102 Å². The van der Waals surface area contributed by atoms with E-state index >= 15 is 0 Å². The molecule has 3 fully saturated rings. The number of amides is 1. The summed E-state index contributed by atoms with van der Waals surface area (Å²) in [5, 5.41) is 9.78. The predicted molar refractivity (Wildman–Crippen MR) is 62.6 cm³/mol. The van der Waals surface area contributed by atoms with Crippen molar-refractivity contribution in [3.05, 3.63) is 0 Å². The summed E-state index contributed by atoms with van der Waals surface area (Å²) in [6.07, 6.45) is 3.42. The highest BCUT2D eigenvalue weighted by molar-refractivity contribution is 5.75. The van der Waals surface area contributed by atoms with E-state index in [1.54, 1.807) is 0 Å². The normalized spacial score (nSPS) is 43.3. The number of ether oxygens (including phenoxy) is 1. The molecule has 0 radical (unpaired) electrons. The number of aliphatic hydroxyl groups excluding tert-OH is 1. The largest absolute Gasteiger partial charge is 0.444 e. The van der Waals surface area contributed by atoms with Gasteiger partial charge < -0.3 is 9.84 Å². The fourth-order valence-electron chi connectivity index (χ4n) is 3.99. The van der Waals surface area contributed by atoms with Crippen LogP contribution in [0.5, 0.6) is 0 Å². The molecule has 0 bridgehead atoms. The van der Waals surface area contributed by atoms with Gasteiger partial charge in [0.1, 0.15) is 5.60 Å². The summed E-state index contributed by atoms with van der Waals surface area (Å²) < 4.78 is 5.44. The second-order valence-electron chi connectivity index (χ2n) is 6.73. The first-order valence-corrected chi connectivity index (χ1v) is 6.55. The number of carbonyl (C=O) groups excluding carboxylic acids is 1. The number of rotatable bonds is 0. The van der Waals surface area contributed by atoms with Gasteiger partial charge in [-0.1, -0.05) is 0 Å². The molecule has 17 heavy (non-hydrogen) atoms. The van der Waals surface area contributed by atoms with E-state index in [2.05, 4.69) is 0 Å². The van der Waals surface area contributed by atoms with Crippen LogP contribution in [0.1, 0.15) is 46.5 Å². The van der Waals surface area contributed by atoms with Crippen LogP contribution >= 0.6 is 0 Å². The van der Waals surface area contributed by atoms with Crippen LogP contribution in [0, 0.1) is 5.92 Å². The molecule has 1 aliphatic heterocycles. The van der Waals surface area contributed by atoms with Crippen LogP contribution in [0.25, 0.3) is 0 Å². The molecule has 96 valence electrons. The molecule has 0 aromatic carbocycles. The van der Waals surface area contributed by atoms with E-state index in [0.717, 1.165) is 25.7 Å². The van der Waals surface area contributed by atoms with Gasteiger partial charge in [0.2, 0.25) is 0 Å².